The molecule has 0 saturated heterocycles. The minimum absolute atomic E-state index is 0.160. The highest BCUT2D eigenvalue weighted by Crippen LogP contribution is 2.31. The fourth-order valence-corrected chi connectivity index (χ4v) is 5.49. The van der Waals surface area contributed by atoms with Crippen molar-refractivity contribution in [2.24, 2.45) is 4.99 Å². The summed E-state index contributed by atoms with van der Waals surface area (Å²) in [7, 11) is 0. The van der Waals surface area contributed by atoms with Crippen molar-refractivity contribution in [2.45, 2.75) is 54.4 Å². The Morgan fingerprint density at radius 1 is 0.643 bits per heavy atom. The van der Waals surface area contributed by atoms with Gasteiger partial charge in [-0.25, -0.2) is 4.79 Å². The molecule has 0 saturated carbocycles. The molecule has 0 aliphatic rings. The van der Waals surface area contributed by atoms with Gasteiger partial charge in [0.15, 0.2) is 11.5 Å². The number of aromatic nitrogens is 2. The second-order valence-electron chi connectivity index (χ2n) is 13.0. The molecular weight excluding hydrogens is 747 g/mol. The summed E-state index contributed by atoms with van der Waals surface area (Å²) in [6.07, 6.45) is 5.57. The van der Waals surface area contributed by atoms with E-state index in [0.717, 1.165) is 50.5 Å². The smallest absolute Gasteiger partial charge is 0.240 e. The van der Waals surface area contributed by atoms with Crippen LogP contribution in [0.15, 0.2) is 102 Å². The largest absolute Gasteiger partial charge is 0.455 e. The number of nitrogens with zero attached hydrogens (tertiary/aromatic N) is 3. The lowest BCUT2D eigenvalue weighted by atomic mass is 9.98. The summed E-state index contributed by atoms with van der Waals surface area (Å²) in [5.41, 5.74) is 27.4. The van der Waals surface area contributed by atoms with Crippen LogP contribution in [0.25, 0.3) is 0 Å². The van der Waals surface area contributed by atoms with Gasteiger partial charge in [-0.05, 0) is 130 Å². The Kier molecular flexibility index (Phi) is 15.1. The number of aliphatic imine (C=N–C) groups is 1. The predicted octanol–water partition coefficient (Wildman–Crippen LogP) is 10.7. The van der Waals surface area contributed by atoms with Gasteiger partial charge >= 0.3 is 0 Å². The van der Waals surface area contributed by atoms with Crippen LogP contribution in [0.4, 0.5) is 22.7 Å². The van der Waals surface area contributed by atoms with E-state index < -0.39 is 0 Å². The van der Waals surface area contributed by atoms with Gasteiger partial charge in [-0.2, -0.15) is 4.99 Å². The molecule has 6 N–H and O–H groups in total. The number of nitrogens with two attached hydrogens (primary N) is 3. The summed E-state index contributed by atoms with van der Waals surface area (Å²) in [4.78, 5) is 34.0. The van der Waals surface area contributed by atoms with Crippen LogP contribution in [0.3, 0.4) is 0 Å². The molecule has 0 bridgehead atoms. The number of rotatable bonds is 9. The third-order valence-corrected chi connectivity index (χ3v) is 9.49. The van der Waals surface area contributed by atoms with Gasteiger partial charge in [-0.15, -0.1) is 0 Å². The average Bonchev–Trinajstić information content (AvgIpc) is 3.15. The number of hydrogen-bond donors (Lipinski definition) is 3. The van der Waals surface area contributed by atoms with Crippen molar-refractivity contribution in [3.05, 3.63) is 152 Å². The van der Waals surface area contributed by atoms with Crippen LogP contribution in [-0.4, -0.2) is 21.8 Å². The summed E-state index contributed by atoms with van der Waals surface area (Å²) >= 11 is 11.8. The van der Waals surface area contributed by atoms with E-state index in [1.54, 1.807) is 42.7 Å². The molecule has 6 rings (SSSR count). The Labute approximate surface area is 337 Å². The highest BCUT2D eigenvalue weighted by atomic mass is 35.5. The van der Waals surface area contributed by atoms with Gasteiger partial charge in [0, 0.05) is 53.1 Å². The molecule has 6 aromatic rings. The molecule has 0 radical (unpaired) electrons. The lowest BCUT2D eigenvalue weighted by Crippen LogP contribution is -2.08. The van der Waals surface area contributed by atoms with E-state index in [1.165, 1.54) is 6.08 Å². The molecular formula is C44H44Cl2N6O4. The molecule has 288 valence electrons. The lowest BCUT2D eigenvalue weighted by Gasteiger charge is -2.12. The summed E-state index contributed by atoms with van der Waals surface area (Å²) in [5, 5.41) is 1.39. The molecule has 2 heterocycles. The van der Waals surface area contributed by atoms with Crippen molar-refractivity contribution >= 4 is 57.8 Å². The molecule has 10 nitrogen and oxygen atoms in total. The van der Waals surface area contributed by atoms with Crippen LogP contribution in [0.2, 0.25) is 10.0 Å². The zero-order valence-electron chi connectivity index (χ0n) is 32.1. The molecule has 4 aromatic carbocycles. The van der Waals surface area contributed by atoms with E-state index in [2.05, 4.69) is 15.0 Å². The predicted molar refractivity (Wildman–Crippen MR) is 226 cm³/mol. The first-order chi connectivity index (χ1) is 26.6. The second kappa shape index (κ2) is 19.9. The second-order valence-corrected chi connectivity index (χ2v) is 13.9. The molecule has 2 aromatic heterocycles. The molecule has 0 unspecified atom stereocenters. The number of pyridine rings is 2. The average molecular weight is 792 g/mol. The number of benzene rings is 4. The Bertz CT molecular complexity index is 2400. The van der Waals surface area contributed by atoms with E-state index in [4.69, 9.17) is 49.9 Å². The van der Waals surface area contributed by atoms with Crippen LogP contribution < -0.4 is 26.7 Å². The summed E-state index contributed by atoms with van der Waals surface area (Å²) in [6, 6.07) is 25.5. The molecule has 56 heavy (non-hydrogen) atoms. The summed E-state index contributed by atoms with van der Waals surface area (Å²) in [5.74, 6) is 2.75. The number of nitrogen functional groups attached to an aromatic ring is 3. The first-order valence-electron chi connectivity index (χ1n) is 17.5. The number of carbonyl (C=O) groups is 1. The third kappa shape index (κ3) is 12.2. The fraction of sp³-hybridized carbons (Fsp3) is 0.182. The number of halogens is 2. The molecule has 0 spiro atoms. The summed E-state index contributed by atoms with van der Waals surface area (Å²) in [6.45, 7) is 11.4. The van der Waals surface area contributed by atoms with Gasteiger partial charge in [-0.1, -0.05) is 41.4 Å². The third-order valence-electron chi connectivity index (χ3n) is 8.64. The van der Waals surface area contributed by atoms with Crippen molar-refractivity contribution < 1.29 is 19.1 Å². The minimum Gasteiger partial charge on any atom is -0.455 e. The maximum absolute atomic E-state index is 12.5. The first kappa shape index (κ1) is 42.6. The normalized spacial score (nSPS) is 10.2. The Morgan fingerprint density at radius 2 is 1.18 bits per heavy atom. The van der Waals surface area contributed by atoms with E-state index in [9.17, 15) is 9.59 Å². The number of anilines is 3. The number of hydrogen-bond acceptors (Lipinski definition) is 10. The van der Waals surface area contributed by atoms with E-state index >= 15 is 0 Å². The zero-order chi connectivity index (χ0) is 40.9. The maximum atomic E-state index is 12.5. The number of ketones is 1. The maximum Gasteiger partial charge on any atom is 0.240 e. The standard InChI is InChI=1S/C23H23ClN2O2.C13H15N3O.C8H6ClNO/c1-14-11-20(28-22-8-9-26-16(3)23(22)25)6-5-18(14)13-19(27)12-17-4-7-21(24)15(2)10-17;1-8-7-10(3-4-11(8)14)17-12-5-6-16-9(2)13(12)15;1-6-4-7(10-5-11)2-3-8(6)9/h4-11H,12-13,25H2,1-3H3;3-7H,14-15H2,1-2H3;2-4H,1H3. The number of aryl methyl sites for hydroxylation is 6. The highest BCUT2D eigenvalue weighted by molar-refractivity contribution is 6.31. The molecule has 0 aliphatic carbocycles. The van der Waals surface area contributed by atoms with Crippen LogP contribution >= 0.6 is 23.2 Å². The van der Waals surface area contributed by atoms with Crippen molar-refractivity contribution in [3.63, 3.8) is 0 Å². The van der Waals surface area contributed by atoms with Gasteiger partial charge in [0.25, 0.3) is 0 Å². The van der Waals surface area contributed by atoms with Crippen LogP contribution in [0, 0.1) is 41.5 Å². The molecule has 0 amide bonds. The fourth-order valence-electron chi connectivity index (χ4n) is 5.25. The summed E-state index contributed by atoms with van der Waals surface area (Å²) < 4.78 is 11.6. The van der Waals surface area contributed by atoms with Crippen LogP contribution in [0.5, 0.6) is 23.0 Å². The van der Waals surface area contributed by atoms with E-state index in [-0.39, 0.29) is 5.78 Å². The molecule has 0 aliphatic heterocycles. The molecule has 0 fully saturated rings. The van der Waals surface area contributed by atoms with Gasteiger partial charge in [0.1, 0.15) is 17.3 Å². The Hall–Kier alpha value is -6.19. The van der Waals surface area contributed by atoms with Crippen molar-refractivity contribution in [1.82, 2.24) is 9.97 Å². The first-order valence-corrected chi connectivity index (χ1v) is 18.2. The topological polar surface area (TPSA) is 169 Å². The highest BCUT2D eigenvalue weighted by Gasteiger charge is 2.11. The molecule has 0 atom stereocenters. The van der Waals surface area contributed by atoms with Gasteiger partial charge in [-0.3, -0.25) is 14.8 Å². The van der Waals surface area contributed by atoms with Gasteiger partial charge < -0.3 is 26.7 Å². The lowest BCUT2D eigenvalue weighted by molar-refractivity contribution is -0.117. The van der Waals surface area contributed by atoms with Crippen molar-refractivity contribution in [3.8, 4) is 23.0 Å². The number of carbonyl (C=O) groups excluding carboxylic acids is 2. The zero-order valence-corrected chi connectivity index (χ0v) is 33.6. The monoisotopic (exact) mass is 790 g/mol. The van der Waals surface area contributed by atoms with E-state index in [0.29, 0.717) is 62.9 Å². The Morgan fingerprint density at radius 3 is 1.70 bits per heavy atom. The van der Waals surface area contributed by atoms with Crippen molar-refractivity contribution in [2.75, 3.05) is 17.2 Å². The minimum atomic E-state index is 0.160. The van der Waals surface area contributed by atoms with Crippen LogP contribution in [-0.2, 0) is 22.4 Å². The van der Waals surface area contributed by atoms with Crippen molar-refractivity contribution in [1.29, 1.82) is 0 Å². The molecule has 12 heteroatoms. The SMILES string of the molecule is Cc1cc(CC(=O)Cc2ccc(Oc3ccnc(C)c3N)cc2C)ccc1Cl.Cc1cc(N=C=O)ccc1Cl.Cc1cc(Oc2ccnc(C)c2N)ccc1N. The number of isocyanates is 1. The van der Waals surface area contributed by atoms with E-state index in [1.807, 2.05) is 96.1 Å². The van der Waals surface area contributed by atoms with Gasteiger partial charge in [0.2, 0.25) is 6.08 Å². The quantitative estimate of drug-likeness (QED) is 0.0733. The number of Topliss-reactive ketones (excluding diaryl/α,β-unsaturated/α-hetero) is 1. The van der Waals surface area contributed by atoms with Gasteiger partial charge in [0.05, 0.1) is 28.5 Å². The Balaban J connectivity index is 0.000000210. The van der Waals surface area contributed by atoms with Crippen LogP contribution in [0.1, 0.15) is 44.8 Å². The number of ether oxygens (including phenoxy) is 2.